The highest BCUT2D eigenvalue weighted by atomic mass is 31.0. The van der Waals surface area contributed by atoms with Gasteiger partial charge in [-0.05, 0) is 30.3 Å². The Bertz CT molecular complexity index is 233. The minimum Gasteiger partial charge on any atom is -0.207 e. The molecule has 0 spiro atoms. The van der Waals surface area contributed by atoms with Crippen LogP contribution >= 0.6 is 9.24 Å². The Morgan fingerprint density at radius 3 is 2.70 bits per heavy atom. The third-order valence-electron chi connectivity index (χ3n) is 1.60. The van der Waals surface area contributed by atoms with Crippen LogP contribution in [0.1, 0.15) is 11.1 Å². The smallest absolute Gasteiger partial charge is 0.126 e. The molecule has 0 aliphatic carbocycles. The van der Waals surface area contributed by atoms with Crippen LogP contribution < -0.4 is 0 Å². The first-order valence-electron chi connectivity index (χ1n) is 3.19. The molecule has 1 rings (SSSR count). The molecular weight excluding hydrogens is 146 g/mol. The molecule has 0 N–H and O–H groups in total. The third-order valence-corrected chi connectivity index (χ3v) is 2.04. The van der Waals surface area contributed by atoms with Gasteiger partial charge in [-0.2, -0.15) is 0 Å². The Kier molecular flexibility index (Phi) is 2.39. The van der Waals surface area contributed by atoms with Crippen LogP contribution in [0.15, 0.2) is 18.2 Å². The molecule has 1 aromatic rings. The summed E-state index contributed by atoms with van der Waals surface area (Å²) in [6, 6.07) is 5.16. The summed E-state index contributed by atoms with van der Waals surface area (Å²) in [5, 5.41) is 0. The Balaban J connectivity index is 3.14. The number of rotatable bonds is 1. The van der Waals surface area contributed by atoms with E-state index in [0.717, 1.165) is 17.3 Å². The number of hydrogen-bond donors (Lipinski definition) is 0. The topological polar surface area (TPSA) is 0 Å². The van der Waals surface area contributed by atoms with E-state index in [4.69, 9.17) is 0 Å². The third kappa shape index (κ3) is 1.35. The largest absolute Gasteiger partial charge is 0.207 e. The minimum atomic E-state index is -0.111. The van der Waals surface area contributed by atoms with E-state index in [0.29, 0.717) is 0 Å². The van der Waals surface area contributed by atoms with Crippen molar-refractivity contribution in [2.45, 2.75) is 13.1 Å². The summed E-state index contributed by atoms with van der Waals surface area (Å²) in [7, 11) is 2.58. The molecule has 2 heteroatoms. The van der Waals surface area contributed by atoms with Crippen LogP contribution in [0.5, 0.6) is 0 Å². The van der Waals surface area contributed by atoms with Gasteiger partial charge in [0.2, 0.25) is 0 Å². The lowest BCUT2D eigenvalue weighted by Gasteiger charge is -2.01. The van der Waals surface area contributed by atoms with Gasteiger partial charge in [-0.25, -0.2) is 4.39 Å². The van der Waals surface area contributed by atoms with Crippen molar-refractivity contribution in [1.29, 1.82) is 0 Å². The lowest BCUT2D eigenvalue weighted by molar-refractivity contribution is 0.616. The summed E-state index contributed by atoms with van der Waals surface area (Å²) in [6.07, 6.45) is 0.823. The summed E-state index contributed by atoms with van der Waals surface area (Å²) in [5.41, 5.74) is 1.82. The second-order valence-corrected chi connectivity index (χ2v) is 2.64. The van der Waals surface area contributed by atoms with Crippen LogP contribution in [-0.4, -0.2) is 0 Å². The van der Waals surface area contributed by atoms with E-state index in [1.807, 2.05) is 6.07 Å². The molecule has 0 bridgehead atoms. The Morgan fingerprint density at radius 2 is 2.20 bits per heavy atom. The molecule has 0 aliphatic rings. The quantitative estimate of drug-likeness (QED) is 0.548. The fourth-order valence-corrected chi connectivity index (χ4v) is 1.32. The molecule has 0 radical (unpaired) electrons. The van der Waals surface area contributed by atoms with Gasteiger partial charge in [0.25, 0.3) is 0 Å². The zero-order valence-corrected chi connectivity index (χ0v) is 7.05. The highest BCUT2D eigenvalue weighted by Crippen LogP contribution is 2.14. The van der Waals surface area contributed by atoms with E-state index in [-0.39, 0.29) is 5.82 Å². The average molecular weight is 156 g/mol. The van der Waals surface area contributed by atoms with Gasteiger partial charge in [-0.1, -0.05) is 12.1 Å². The van der Waals surface area contributed by atoms with Crippen LogP contribution in [0.25, 0.3) is 0 Å². The SMILES string of the molecule is Cc1c(F)cccc1CP. The molecule has 1 atom stereocenters. The van der Waals surface area contributed by atoms with Crippen molar-refractivity contribution in [2.75, 3.05) is 0 Å². The average Bonchev–Trinajstić information content (AvgIpc) is 1.95. The maximum absolute atomic E-state index is 12.8. The number of benzene rings is 1. The molecule has 0 fully saturated rings. The minimum absolute atomic E-state index is 0.111. The molecule has 0 amide bonds. The standard InChI is InChI=1S/C8H10FP/c1-6-7(5-10)3-2-4-8(6)9/h2-4H,5,10H2,1H3. The van der Waals surface area contributed by atoms with Crippen molar-refractivity contribution >= 4 is 9.24 Å². The molecule has 54 valence electrons. The zero-order chi connectivity index (χ0) is 7.56. The van der Waals surface area contributed by atoms with Crippen LogP contribution in [0, 0.1) is 12.7 Å². The molecule has 1 aromatic carbocycles. The van der Waals surface area contributed by atoms with Crippen molar-refractivity contribution in [3.63, 3.8) is 0 Å². The van der Waals surface area contributed by atoms with Crippen molar-refractivity contribution in [1.82, 2.24) is 0 Å². The Morgan fingerprint density at radius 1 is 1.50 bits per heavy atom. The van der Waals surface area contributed by atoms with E-state index in [1.54, 1.807) is 13.0 Å². The summed E-state index contributed by atoms with van der Waals surface area (Å²) >= 11 is 0. The monoisotopic (exact) mass is 156 g/mol. The Hall–Kier alpha value is -0.420. The van der Waals surface area contributed by atoms with Gasteiger partial charge >= 0.3 is 0 Å². The van der Waals surface area contributed by atoms with E-state index < -0.39 is 0 Å². The molecule has 10 heavy (non-hydrogen) atoms. The van der Waals surface area contributed by atoms with Crippen LogP contribution in [0.3, 0.4) is 0 Å². The van der Waals surface area contributed by atoms with Gasteiger partial charge in [-0.3, -0.25) is 0 Å². The lowest BCUT2D eigenvalue weighted by atomic mass is 10.1. The fraction of sp³-hybridized carbons (Fsp3) is 0.250. The first-order chi connectivity index (χ1) is 4.75. The molecule has 0 aliphatic heterocycles. The summed E-state index contributed by atoms with van der Waals surface area (Å²) < 4.78 is 12.8. The van der Waals surface area contributed by atoms with Crippen LogP contribution in [-0.2, 0) is 6.16 Å². The van der Waals surface area contributed by atoms with Gasteiger partial charge in [0.05, 0.1) is 0 Å². The zero-order valence-electron chi connectivity index (χ0n) is 5.89. The highest BCUT2D eigenvalue weighted by Gasteiger charge is 1.99. The van der Waals surface area contributed by atoms with Crippen molar-refractivity contribution in [3.05, 3.63) is 35.1 Å². The normalized spacial score (nSPS) is 9.90. The maximum Gasteiger partial charge on any atom is 0.126 e. The molecule has 0 saturated heterocycles. The van der Waals surface area contributed by atoms with Gasteiger partial charge in [-0.15, -0.1) is 9.24 Å². The number of hydrogen-bond acceptors (Lipinski definition) is 0. The Labute approximate surface area is 62.7 Å². The van der Waals surface area contributed by atoms with Crippen molar-refractivity contribution < 1.29 is 4.39 Å². The van der Waals surface area contributed by atoms with E-state index >= 15 is 0 Å². The summed E-state index contributed by atoms with van der Waals surface area (Å²) in [4.78, 5) is 0. The van der Waals surface area contributed by atoms with Crippen molar-refractivity contribution in [3.8, 4) is 0 Å². The summed E-state index contributed by atoms with van der Waals surface area (Å²) in [5.74, 6) is -0.111. The predicted molar refractivity (Wildman–Crippen MR) is 44.6 cm³/mol. The first kappa shape index (κ1) is 7.68. The molecule has 1 unspecified atom stereocenters. The molecule has 0 nitrogen and oxygen atoms in total. The second-order valence-electron chi connectivity index (χ2n) is 2.23. The van der Waals surface area contributed by atoms with Crippen LogP contribution in [0.4, 0.5) is 4.39 Å². The first-order valence-corrected chi connectivity index (χ1v) is 4.01. The fourth-order valence-electron chi connectivity index (χ4n) is 0.873. The van der Waals surface area contributed by atoms with E-state index in [2.05, 4.69) is 9.24 Å². The highest BCUT2D eigenvalue weighted by molar-refractivity contribution is 7.15. The van der Waals surface area contributed by atoms with Gasteiger partial charge < -0.3 is 0 Å². The lowest BCUT2D eigenvalue weighted by Crippen LogP contribution is -1.87. The molecule has 0 saturated carbocycles. The number of halogens is 1. The predicted octanol–water partition coefficient (Wildman–Crippen LogP) is 2.51. The molecule has 0 aromatic heterocycles. The second kappa shape index (κ2) is 3.12. The molecule has 0 heterocycles. The van der Waals surface area contributed by atoms with Crippen molar-refractivity contribution in [2.24, 2.45) is 0 Å². The maximum atomic E-state index is 12.8. The van der Waals surface area contributed by atoms with Gasteiger partial charge in [0.1, 0.15) is 5.82 Å². The summed E-state index contributed by atoms with van der Waals surface area (Å²) in [6.45, 7) is 1.80. The van der Waals surface area contributed by atoms with Crippen LogP contribution in [0.2, 0.25) is 0 Å². The van der Waals surface area contributed by atoms with Gasteiger partial charge in [0.15, 0.2) is 0 Å². The van der Waals surface area contributed by atoms with Gasteiger partial charge in [0, 0.05) is 0 Å². The van der Waals surface area contributed by atoms with E-state index in [9.17, 15) is 4.39 Å². The molecular formula is C8H10FP. The van der Waals surface area contributed by atoms with E-state index in [1.165, 1.54) is 6.07 Å².